The summed E-state index contributed by atoms with van der Waals surface area (Å²) in [7, 11) is -1.94. The Morgan fingerprint density at radius 3 is 2.10 bits per heavy atom. The van der Waals surface area contributed by atoms with E-state index in [2.05, 4.69) is 54.3 Å². The van der Waals surface area contributed by atoms with Gasteiger partial charge in [0.1, 0.15) is 5.82 Å². The molecule has 3 fully saturated rings. The molecule has 15 heteroatoms. The number of rotatable bonds is 17. The van der Waals surface area contributed by atoms with E-state index in [0.29, 0.717) is 24.1 Å². The van der Waals surface area contributed by atoms with E-state index < -0.39 is 21.2 Å². The molecule has 2 aliphatic heterocycles. The Kier molecular flexibility index (Phi) is 15.1. The van der Waals surface area contributed by atoms with Crippen molar-refractivity contribution in [3.05, 3.63) is 144 Å². The van der Waals surface area contributed by atoms with E-state index in [-0.39, 0.29) is 28.7 Å². The second-order valence-corrected chi connectivity index (χ2v) is 23.3. The first-order valence-corrected chi connectivity index (χ1v) is 27.6. The van der Waals surface area contributed by atoms with E-state index in [1.54, 1.807) is 43.0 Å². The van der Waals surface area contributed by atoms with Gasteiger partial charge in [0.2, 0.25) is 0 Å². The molecular formula is C57H68FN7O5S2. The van der Waals surface area contributed by atoms with Crippen LogP contribution in [0.5, 0.6) is 0 Å². The Balaban J connectivity index is 0.836. The van der Waals surface area contributed by atoms with Crippen LogP contribution in [0.4, 0.5) is 27.1 Å². The number of sulfonamides is 1. The summed E-state index contributed by atoms with van der Waals surface area (Å²) in [4.78, 5) is 22.5. The number of aryl methyl sites for hydroxylation is 1. The first-order chi connectivity index (χ1) is 34.4. The number of nitrogens with zero attached hydrogens (tertiary/aromatic N) is 4. The molecule has 72 heavy (non-hydrogen) atoms. The molecule has 0 spiro atoms. The Bertz CT molecular complexity index is 2960. The van der Waals surface area contributed by atoms with Crippen molar-refractivity contribution >= 4 is 50.4 Å². The van der Waals surface area contributed by atoms with Crippen LogP contribution in [0.1, 0.15) is 67.6 Å². The summed E-state index contributed by atoms with van der Waals surface area (Å²) in [5.74, 6) is 0.321. The highest BCUT2D eigenvalue weighted by molar-refractivity contribution is 7.99. The second kappa shape index (κ2) is 21.3. The summed E-state index contributed by atoms with van der Waals surface area (Å²) in [5, 5.41) is 27.7. The van der Waals surface area contributed by atoms with Gasteiger partial charge in [-0.2, -0.15) is 0 Å². The van der Waals surface area contributed by atoms with Crippen LogP contribution in [-0.4, -0.2) is 109 Å². The molecule has 6 aromatic rings. The van der Waals surface area contributed by atoms with Crippen molar-refractivity contribution in [1.82, 2.24) is 14.8 Å². The SMILES string of the molecule is Cc1cc(S(=O)(=O)Nc2ccc(N3CCN(c4cccc(-c5c(C(=O)NC6CC(C)(O)C6)c(C)n(C)c5-c5ccc(F)cc5)c4)CC3)cc2)ccc1N[C@H](CCN1CCC(C)(O)CC1)CSc1ccccc1. The monoisotopic (exact) mass is 1010 g/mol. The molecule has 1 aromatic heterocycles. The lowest BCUT2D eigenvalue weighted by Gasteiger charge is -2.41. The number of nitrogens with one attached hydrogen (secondary N) is 3. The number of hydrogen-bond acceptors (Lipinski definition) is 10. The third-order valence-electron chi connectivity index (χ3n) is 14.8. The van der Waals surface area contributed by atoms with E-state index in [9.17, 15) is 27.8 Å². The lowest BCUT2D eigenvalue weighted by atomic mass is 9.77. The lowest BCUT2D eigenvalue weighted by molar-refractivity contribution is -0.0367. The van der Waals surface area contributed by atoms with Gasteiger partial charge in [0.15, 0.2) is 0 Å². The maximum absolute atomic E-state index is 14.1. The van der Waals surface area contributed by atoms with Gasteiger partial charge in [-0.25, -0.2) is 12.8 Å². The highest BCUT2D eigenvalue weighted by atomic mass is 32.2. The molecule has 3 heterocycles. The fourth-order valence-electron chi connectivity index (χ4n) is 10.4. The summed E-state index contributed by atoms with van der Waals surface area (Å²) in [6.45, 7) is 13.2. The van der Waals surface area contributed by atoms with Gasteiger partial charge in [-0.15, -0.1) is 11.8 Å². The van der Waals surface area contributed by atoms with Gasteiger partial charge in [-0.05, 0) is 167 Å². The van der Waals surface area contributed by atoms with Crippen molar-refractivity contribution in [3.8, 4) is 22.4 Å². The van der Waals surface area contributed by atoms with Crippen LogP contribution >= 0.6 is 11.8 Å². The number of amides is 1. The number of aromatic nitrogens is 1. The van der Waals surface area contributed by atoms with E-state index in [1.165, 1.54) is 17.0 Å². The summed E-state index contributed by atoms with van der Waals surface area (Å²) in [6.07, 6.45) is 3.44. The molecule has 0 bridgehead atoms. The average molecular weight is 1010 g/mol. The van der Waals surface area contributed by atoms with Gasteiger partial charge >= 0.3 is 0 Å². The summed E-state index contributed by atoms with van der Waals surface area (Å²) < 4.78 is 46.5. The molecule has 1 aliphatic carbocycles. The van der Waals surface area contributed by atoms with Crippen molar-refractivity contribution < 1.29 is 27.8 Å². The topological polar surface area (TPSA) is 142 Å². The van der Waals surface area contributed by atoms with E-state index in [4.69, 9.17) is 0 Å². The van der Waals surface area contributed by atoms with Gasteiger partial charge in [-0.3, -0.25) is 9.52 Å². The van der Waals surface area contributed by atoms with Crippen LogP contribution in [0.2, 0.25) is 0 Å². The van der Waals surface area contributed by atoms with Gasteiger partial charge < -0.3 is 40.1 Å². The molecule has 0 unspecified atom stereocenters. The minimum atomic E-state index is -3.88. The van der Waals surface area contributed by atoms with Crippen LogP contribution < -0.4 is 25.2 Å². The Labute approximate surface area is 428 Å². The highest BCUT2D eigenvalue weighted by Crippen LogP contribution is 2.41. The third-order valence-corrected chi connectivity index (χ3v) is 17.3. The summed E-state index contributed by atoms with van der Waals surface area (Å²) in [6, 6.07) is 37.8. The highest BCUT2D eigenvalue weighted by Gasteiger charge is 2.40. The summed E-state index contributed by atoms with van der Waals surface area (Å²) in [5.41, 5.74) is 7.51. The molecule has 3 aliphatic rings. The minimum absolute atomic E-state index is 0.120. The largest absolute Gasteiger partial charge is 0.390 e. The molecule has 5 aromatic carbocycles. The number of benzene rings is 5. The fraction of sp³-hybridized carbons (Fsp3) is 0.386. The predicted octanol–water partition coefficient (Wildman–Crippen LogP) is 9.70. The van der Waals surface area contributed by atoms with Crippen molar-refractivity contribution in [2.75, 3.05) is 71.4 Å². The zero-order chi connectivity index (χ0) is 50.8. The normalized spacial score (nSPS) is 19.6. The Morgan fingerprint density at radius 2 is 1.44 bits per heavy atom. The van der Waals surface area contributed by atoms with Gasteiger partial charge in [0, 0.05) is 110 Å². The standard InChI is InChI=1S/C57H68FN7O5S2/c1-39-34-50(22-23-51(39)59-45(38-71-49-12-7-6-8-13-49)24-27-63-28-25-56(3,67)26-29-63)72(69,70)61-44-18-20-47(21-19-44)64-30-32-65(33-31-64)48-11-9-10-42(35-48)53-52(55(66)60-46-36-57(4,68)37-46)40(2)62(5)54(53)41-14-16-43(58)17-15-41/h6-23,34-35,45-46,59,61,67-68H,24-33,36-38H2,1-5H3,(H,60,66)/t45-,46?,57?/m1/s1. The van der Waals surface area contributed by atoms with Crippen LogP contribution in [-0.2, 0) is 17.1 Å². The molecule has 380 valence electrons. The van der Waals surface area contributed by atoms with Crippen LogP contribution in [0.15, 0.2) is 131 Å². The first kappa shape index (κ1) is 51.1. The number of anilines is 4. The number of carbonyl (C=O) groups is 1. The quantitative estimate of drug-likeness (QED) is 0.0561. The van der Waals surface area contributed by atoms with Crippen LogP contribution in [0.25, 0.3) is 22.4 Å². The van der Waals surface area contributed by atoms with E-state index >= 15 is 0 Å². The Hall–Kier alpha value is -5.84. The molecule has 1 atom stereocenters. The fourth-order valence-corrected chi connectivity index (χ4v) is 12.5. The van der Waals surface area contributed by atoms with Crippen molar-refractivity contribution in [2.45, 2.75) is 92.9 Å². The van der Waals surface area contributed by atoms with E-state index in [1.807, 2.05) is 93.0 Å². The van der Waals surface area contributed by atoms with Gasteiger partial charge in [0.25, 0.3) is 15.9 Å². The van der Waals surface area contributed by atoms with Gasteiger partial charge in [-0.1, -0.05) is 30.3 Å². The number of hydrogen-bond donors (Lipinski definition) is 5. The van der Waals surface area contributed by atoms with Crippen molar-refractivity contribution in [2.24, 2.45) is 7.05 Å². The number of carbonyl (C=O) groups excluding carboxylic acids is 1. The number of thioether (sulfide) groups is 1. The lowest BCUT2D eigenvalue weighted by Crippen LogP contribution is -2.53. The predicted molar refractivity (Wildman–Crippen MR) is 290 cm³/mol. The second-order valence-electron chi connectivity index (χ2n) is 20.6. The maximum Gasteiger partial charge on any atom is 0.261 e. The van der Waals surface area contributed by atoms with Crippen molar-refractivity contribution in [1.29, 1.82) is 0 Å². The van der Waals surface area contributed by atoms with Crippen molar-refractivity contribution in [3.63, 3.8) is 0 Å². The third kappa shape index (κ3) is 12.0. The maximum atomic E-state index is 14.1. The Morgan fingerprint density at radius 1 is 0.778 bits per heavy atom. The zero-order valence-corrected chi connectivity index (χ0v) is 43.6. The number of aliphatic hydroxyl groups is 2. The van der Waals surface area contributed by atoms with E-state index in [0.717, 1.165) is 122 Å². The minimum Gasteiger partial charge on any atom is -0.390 e. The molecule has 12 nitrogen and oxygen atoms in total. The van der Waals surface area contributed by atoms with Crippen LogP contribution in [0, 0.1) is 19.7 Å². The summed E-state index contributed by atoms with van der Waals surface area (Å²) >= 11 is 1.81. The number of likely N-dealkylation sites (tertiary alicyclic amines) is 1. The zero-order valence-electron chi connectivity index (χ0n) is 42.0. The average Bonchev–Trinajstić information content (AvgIpc) is 3.62. The number of piperidine rings is 1. The van der Waals surface area contributed by atoms with Crippen LogP contribution in [0.3, 0.4) is 0 Å². The molecule has 5 N–H and O–H groups in total. The molecule has 0 radical (unpaired) electrons. The molecular weight excluding hydrogens is 946 g/mol. The number of piperazine rings is 1. The smallest absolute Gasteiger partial charge is 0.261 e. The molecule has 1 saturated carbocycles. The number of halogens is 1. The first-order valence-electron chi connectivity index (χ1n) is 25.1. The van der Waals surface area contributed by atoms with Gasteiger partial charge in [0.05, 0.1) is 27.4 Å². The molecule has 1 amide bonds. The molecule has 2 saturated heterocycles. The molecule has 9 rings (SSSR count).